The van der Waals surface area contributed by atoms with Gasteiger partial charge in [-0.3, -0.25) is 0 Å². The predicted molar refractivity (Wildman–Crippen MR) is 53.6 cm³/mol. The average molecular weight is 173 g/mol. The Morgan fingerprint density at radius 2 is 1.77 bits per heavy atom. The van der Waals surface area contributed by atoms with Crippen LogP contribution in [-0.4, -0.2) is 7.05 Å². The maximum atomic E-state index is 5.27. The average Bonchev–Trinajstić information content (AvgIpc) is 2.19. The van der Waals surface area contributed by atoms with Gasteiger partial charge in [0.15, 0.2) is 5.75 Å². The molecule has 2 heteroatoms. The highest BCUT2D eigenvalue weighted by molar-refractivity contribution is 5.88. The molecule has 0 saturated heterocycles. The fourth-order valence-electron chi connectivity index (χ4n) is 1.39. The highest BCUT2D eigenvalue weighted by Crippen LogP contribution is 2.24. The van der Waals surface area contributed by atoms with Crippen molar-refractivity contribution in [3.63, 3.8) is 0 Å². The standard InChI is InChI=1S/C11H11NO/c1-12-13-11-8-4-6-9-5-2-3-7-10(9)11/h2-8,12H,1H3. The summed E-state index contributed by atoms with van der Waals surface area (Å²) in [6, 6.07) is 14.1. The van der Waals surface area contributed by atoms with Crippen molar-refractivity contribution in [3.05, 3.63) is 42.5 Å². The van der Waals surface area contributed by atoms with Crippen molar-refractivity contribution < 1.29 is 4.84 Å². The van der Waals surface area contributed by atoms with E-state index >= 15 is 0 Å². The van der Waals surface area contributed by atoms with Crippen LogP contribution in [0.2, 0.25) is 0 Å². The molecule has 0 heterocycles. The quantitative estimate of drug-likeness (QED) is 0.704. The molecule has 2 aromatic rings. The summed E-state index contributed by atoms with van der Waals surface area (Å²) >= 11 is 0. The Morgan fingerprint density at radius 1 is 1.00 bits per heavy atom. The monoisotopic (exact) mass is 173 g/mol. The van der Waals surface area contributed by atoms with Crippen molar-refractivity contribution in [2.45, 2.75) is 0 Å². The first kappa shape index (κ1) is 8.08. The van der Waals surface area contributed by atoms with Gasteiger partial charge in [-0.1, -0.05) is 36.4 Å². The molecule has 0 spiro atoms. The summed E-state index contributed by atoms with van der Waals surface area (Å²) in [5, 5.41) is 2.31. The van der Waals surface area contributed by atoms with Crippen molar-refractivity contribution in [1.82, 2.24) is 5.48 Å². The summed E-state index contributed by atoms with van der Waals surface area (Å²) in [6.07, 6.45) is 0. The Balaban J connectivity index is 2.61. The fourth-order valence-corrected chi connectivity index (χ4v) is 1.39. The number of benzene rings is 2. The van der Waals surface area contributed by atoms with E-state index in [9.17, 15) is 0 Å². The normalized spacial score (nSPS) is 10.2. The first-order valence-electron chi connectivity index (χ1n) is 4.23. The van der Waals surface area contributed by atoms with E-state index in [1.165, 1.54) is 5.39 Å². The molecule has 2 nitrogen and oxygen atoms in total. The van der Waals surface area contributed by atoms with Crippen molar-refractivity contribution >= 4 is 10.8 Å². The SMILES string of the molecule is CNOc1cccc2ccccc12. The van der Waals surface area contributed by atoms with Gasteiger partial charge in [0.2, 0.25) is 0 Å². The molecule has 0 unspecified atom stereocenters. The third kappa shape index (κ3) is 1.48. The maximum absolute atomic E-state index is 5.27. The molecule has 0 amide bonds. The van der Waals surface area contributed by atoms with Crippen molar-refractivity contribution in [3.8, 4) is 5.75 Å². The lowest BCUT2D eigenvalue weighted by atomic mass is 10.1. The van der Waals surface area contributed by atoms with Crippen molar-refractivity contribution in [1.29, 1.82) is 0 Å². The molecule has 2 aromatic carbocycles. The lowest BCUT2D eigenvalue weighted by Gasteiger charge is -2.05. The Kier molecular flexibility index (Phi) is 2.15. The number of hydrogen-bond donors (Lipinski definition) is 1. The first-order valence-corrected chi connectivity index (χ1v) is 4.23. The van der Waals surface area contributed by atoms with Gasteiger partial charge in [0, 0.05) is 12.4 Å². The molecule has 0 aliphatic carbocycles. The van der Waals surface area contributed by atoms with Gasteiger partial charge >= 0.3 is 0 Å². The molecule has 0 saturated carbocycles. The number of hydrogen-bond acceptors (Lipinski definition) is 2. The summed E-state index contributed by atoms with van der Waals surface area (Å²) in [4.78, 5) is 5.27. The molecule has 0 aliphatic rings. The van der Waals surface area contributed by atoms with Gasteiger partial charge in [0.05, 0.1) is 0 Å². The van der Waals surface area contributed by atoms with Crippen LogP contribution in [-0.2, 0) is 0 Å². The Labute approximate surface area is 77.1 Å². The molecule has 0 radical (unpaired) electrons. The lowest BCUT2D eigenvalue weighted by molar-refractivity contribution is 0.227. The third-order valence-corrected chi connectivity index (χ3v) is 1.96. The zero-order valence-corrected chi connectivity index (χ0v) is 7.45. The van der Waals surface area contributed by atoms with Gasteiger partial charge in [0.25, 0.3) is 0 Å². The van der Waals surface area contributed by atoms with E-state index in [0.717, 1.165) is 11.1 Å². The molecule has 0 aliphatic heterocycles. The van der Waals surface area contributed by atoms with Crippen LogP contribution in [0.15, 0.2) is 42.5 Å². The summed E-state index contributed by atoms with van der Waals surface area (Å²) in [6.45, 7) is 0. The van der Waals surface area contributed by atoms with E-state index in [2.05, 4.69) is 17.6 Å². The summed E-state index contributed by atoms with van der Waals surface area (Å²) in [5.41, 5.74) is 2.68. The van der Waals surface area contributed by atoms with Crippen LogP contribution < -0.4 is 10.3 Å². The van der Waals surface area contributed by atoms with Crippen molar-refractivity contribution in [2.24, 2.45) is 0 Å². The second-order valence-corrected chi connectivity index (χ2v) is 2.78. The smallest absolute Gasteiger partial charge is 0.154 e. The molecule has 0 bridgehead atoms. The Hall–Kier alpha value is -1.54. The molecule has 0 aromatic heterocycles. The van der Waals surface area contributed by atoms with Crippen LogP contribution in [0, 0.1) is 0 Å². The minimum Gasteiger partial charge on any atom is -0.408 e. The van der Waals surface area contributed by atoms with Crippen LogP contribution >= 0.6 is 0 Å². The topological polar surface area (TPSA) is 21.3 Å². The number of fused-ring (bicyclic) bond motifs is 1. The van der Waals surface area contributed by atoms with E-state index in [4.69, 9.17) is 4.84 Å². The molecule has 0 atom stereocenters. The van der Waals surface area contributed by atoms with E-state index in [1.54, 1.807) is 7.05 Å². The van der Waals surface area contributed by atoms with Gasteiger partial charge in [-0.05, 0) is 11.5 Å². The minimum absolute atomic E-state index is 0.862. The molecule has 1 N–H and O–H groups in total. The second-order valence-electron chi connectivity index (χ2n) is 2.78. The molecular weight excluding hydrogens is 162 g/mol. The van der Waals surface area contributed by atoms with E-state index in [-0.39, 0.29) is 0 Å². The lowest BCUT2D eigenvalue weighted by Crippen LogP contribution is -2.10. The summed E-state index contributed by atoms with van der Waals surface area (Å²) < 4.78 is 0. The third-order valence-electron chi connectivity index (χ3n) is 1.96. The molecule has 2 rings (SSSR count). The fraction of sp³-hybridized carbons (Fsp3) is 0.0909. The highest BCUT2D eigenvalue weighted by atomic mass is 16.6. The van der Waals surface area contributed by atoms with Gasteiger partial charge < -0.3 is 4.84 Å². The first-order chi connectivity index (χ1) is 6.42. The Morgan fingerprint density at radius 3 is 2.62 bits per heavy atom. The van der Waals surface area contributed by atoms with Gasteiger partial charge in [0.1, 0.15) is 0 Å². The zero-order chi connectivity index (χ0) is 9.10. The van der Waals surface area contributed by atoms with E-state index < -0.39 is 0 Å². The molecular formula is C11H11NO. The van der Waals surface area contributed by atoms with Crippen molar-refractivity contribution in [2.75, 3.05) is 7.05 Å². The van der Waals surface area contributed by atoms with Crippen LogP contribution in [0.1, 0.15) is 0 Å². The van der Waals surface area contributed by atoms with Crippen LogP contribution in [0.4, 0.5) is 0 Å². The molecule has 13 heavy (non-hydrogen) atoms. The highest BCUT2D eigenvalue weighted by Gasteiger charge is 1.98. The zero-order valence-electron chi connectivity index (χ0n) is 7.45. The number of hydroxylamine groups is 1. The van der Waals surface area contributed by atoms with Crippen LogP contribution in [0.25, 0.3) is 10.8 Å². The van der Waals surface area contributed by atoms with Crippen LogP contribution in [0.3, 0.4) is 0 Å². The van der Waals surface area contributed by atoms with Gasteiger partial charge in [-0.25, -0.2) is 0 Å². The van der Waals surface area contributed by atoms with Gasteiger partial charge in [-0.2, -0.15) is 5.48 Å². The minimum atomic E-state index is 0.862. The number of nitrogens with one attached hydrogen (secondary N) is 1. The maximum Gasteiger partial charge on any atom is 0.154 e. The predicted octanol–water partition coefficient (Wildman–Crippen LogP) is 2.35. The summed E-state index contributed by atoms with van der Waals surface area (Å²) in [5.74, 6) is 0.862. The molecule has 0 fully saturated rings. The second kappa shape index (κ2) is 3.46. The summed E-state index contributed by atoms with van der Waals surface area (Å²) in [7, 11) is 1.75. The molecule has 66 valence electrons. The van der Waals surface area contributed by atoms with Crippen LogP contribution in [0.5, 0.6) is 5.75 Å². The van der Waals surface area contributed by atoms with E-state index in [1.807, 2.05) is 30.3 Å². The van der Waals surface area contributed by atoms with E-state index in [0.29, 0.717) is 0 Å². The largest absolute Gasteiger partial charge is 0.408 e. The number of rotatable bonds is 2. The Bertz CT molecular complexity index is 406. The van der Waals surface area contributed by atoms with Gasteiger partial charge in [-0.15, -0.1) is 0 Å².